The summed E-state index contributed by atoms with van der Waals surface area (Å²) in [7, 11) is 0. The molecule has 0 atom stereocenters. The van der Waals surface area contributed by atoms with Crippen molar-refractivity contribution in [2.45, 2.75) is 58.8 Å². The molecular formula is C16H30N4O. The molecule has 5 heteroatoms. The van der Waals surface area contributed by atoms with E-state index in [0.717, 1.165) is 56.2 Å². The van der Waals surface area contributed by atoms with Crippen LogP contribution in [0.4, 0.5) is 11.6 Å². The second kappa shape index (κ2) is 8.82. The van der Waals surface area contributed by atoms with Crippen molar-refractivity contribution in [2.75, 3.05) is 30.3 Å². The summed E-state index contributed by atoms with van der Waals surface area (Å²) in [6.07, 6.45) is 4.00. The van der Waals surface area contributed by atoms with E-state index in [1.807, 2.05) is 6.07 Å². The second-order valence-electron chi connectivity index (χ2n) is 6.35. The number of nitrogens with zero attached hydrogens (tertiary/aromatic N) is 2. The number of nitrogens with one attached hydrogen (secondary N) is 2. The van der Waals surface area contributed by atoms with Gasteiger partial charge in [0.05, 0.1) is 0 Å². The third kappa shape index (κ3) is 6.76. The summed E-state index contributed by atoms with van der Waals surface area (Å²) in [6.45, 7) is 10.6. The Balaban J connectivity index is 2.72. The van der Waals surface area contributed by atoms with Crippen LogP contribution in [0, 0.1) is 0 Å². The lowest BCUT2D eigenvalue weighted by Gasteiger charge is -2.19. The van der Waals surface area contributed by atoms with Crippen molar-refractivity contribution in [3.8, 4) is 0 Å². The van der Waals surface area contributed by atoms with Crippen molar-refractivity contribution in [3.05, 3.63) is 11.9 Å². The first-order chi connectivity index (χ1) is 9.97. The summed E-state index contributed by atoms with van der Waals surface area (Å²) in [5, 5.41) is 15.5. The molecule has 0 spiro atoms. The maximum absolute atomic E-state index is 8.78. The minimum absolute atomic E-state index is 0.0722. The zero-order chi connectivity index (χ0) is 15.7. The molecule has 0 aliphatic carbocycles. The first kappa shape index (κ1) is 17.7. The van der Waals surface area contributed by atoms with Crippen LogP contribution in [0.5, 0.6) is 0 Å². The van der Waals surface area contributed by atoms with E-state index in [0.29, 0.717) is 0 Å². The van der Waals surface area contributed by atoms with Crippen LogP contribution in [0.1, 0.15) is 59.2 Å². The number of anilines is 2. The molecule has 0 saturated heterocycles. The Hall–Kier alpha value is -1.36. The number of aliphatic hydroxyl groups excluding tert-OH is 1. The van der Waals surface area contributed by atoms with Crippen molar-refractivity contribution >= 4 is 11.6 Å². The van der Waals surface area contributed by atoms with Crippen molar-refractivity contribution in [1.29, 1.82) is 0 Å². The number of unbranched alkanes of at least 4 members (excludes halogenated alkanes) is 2. The molecule has 0 saturated carbocycles. The number of aromatic nitrogens is 2. The molecule has 3 N–H and O–H groups in total. The molecule has 1 heterocycles. The summed E-state index contributed by atoms with van der Waals surface area (Å²) in [5.41, 5.74) is -0.0722. The van der Waals surface area contributed by atoms with Crippen LogP contribution >= 0.6 is 0 Å². The van der Waals surface area contributed by atoms with Gasteiger partial charge in [-0.05, 0) is 25.7 Å². The van der Waals surface area contributed by atoms with Crippen molar-refractivity contribution in [2.24, 2.45) is 0 Å². The zero-order valence-corrected chi connectivity index (χ0v) is 13.9. The predicted molar refractivity (Wildman–Crippen MR) is 88.9 cm³/mol. The molecule has 0 unspecified atom stereocenters. The number of rotatable bonds is 9. The lowest BCUT2D eigenvalue weighted by atomic mass is 9.96. The van der Waals surface area contributed by atoms with Crippen LogP contribution in [0.3, 0.4) is 0 Å². The fraction of sp³-hybridized carbons (Fsp3) is 0.750. The Morgan fingerprint density at radius 1 is 1.00 bits per heavy atom. The maximum atomic E-state index is 8.78. The summed E-state index contributed by atoms with van der Waals surface area (Å²) in [4.78, 5) is 9.22. The molecular weight excluding hydrogens is 264 g/mol. The van der Waals surface area contributed by atoms with E-state index in [2.05, 4.69) is 48.3 Å². The second-order valence-corrected chi connectivity index (χ2v) is 6.35. The predicted octanol–water partition coefficient (Wildman–Crippen LogP) is 3.17. The summed E-state index contributed by atoms with van der Waals surface area (Å²) >= 11 is 0. The lowest BCUT2D eigenvalue weighted by Crippen LogP contribution is -2.19. The van der Waals surface area contributed by atoms with Crippen molar-refractivity contribution in [1.82, 2.24) is 9.97 Å². The Kier molecular flexibility index (Phi) is 7.43. The Labute approximate surface area is 128 Å². The van der Waals surface area contributed by atoms with Gasteiger partial charge < -0.3 is 15.7 Å². The maximum Gasteiger partial charge on any atom is 0.138 e. The highest BCUT2D eigenvalue weighted by atomic mass is 16.2. The van der Waals surface area contributed by atoms with Crippen molar-refractivity contribution < 1.29 is 5.11 Å². The van der Waals surface area contributed by atoms with Gasteiger partial charge >= 0.3 is 0 Å². The van der Waals surface area contributed by atoms with Crippen LogP contribution in [-0.4, -0.2) is 34.8 Å². The standard InChI is InChI=1S/C16H30N4O/c1-5-9-17-13-12-14(18-10-7-6-8-11-21)20-15(19-13)16(2,3)4/h12,21H,5-11H2,1-4H3,(H2,17,18,19,20). The average Bonchev–Trinajstić information content (AvgIpc) is 2.44. The topological polar surface area (TPSA) is 70.1 Å². The molecule has 0 radical (unpaired) electrons. The molecule has 1 aromatic rings. The van der Waals surface area contributed by atoms with Gasteiger partial charge in [0, 0.05) is 31.2 Å². The van der Waals surface area contributed by atoms with Crippen LogP contribution in [0.15, 0.2) is 6.07 Å². The van der Waals surface area contributed by atoms with E-state index in [1.54, 1.807) is 0 Å². The normalized spacial score (nSPS) is 11.5. The first-order valence-electron chi connectivity index (χ1n) is 7.95. The monoisotopic (exact) mass is 294 g/mol. The minimum atomic E-state index is -0.0722. The van der Waals surface area contributed by atoms with E-state index < -0.39 is 0 Å². The molecule has 0 amide bonds. The van der Waals surface area contributed by atoms with Gasteiger partial charge in [0.25, 0.3) is 0 Å². The molecule has 21 heavy (non-hydrogen) atoms. The van der Waals surface area contributed by atoms with Gasteiger partial charge in [-0.15, -0.1) is 0 Å². The van der Waals surface area contributed by atoms with Crippen molar-refractivity contribution in [3.63, 3.8) is 0 Å². The van der Waals surface area contributed by atoms with Gasteiger partial charge in [0.15, 0.2) is 0 Å². The highest BCUT2D eigenvalue weighted by Gasteiger charge is 2.19. The van der Waals surface area contributed by atoms with E-state index in [9.17, 15) is 0 Å². The zero-order valence-electron chi connectivity index (χ0n) is 13.9. The molecule has 0 bridgehead atoms. The minimum Gasteiger partial charge on any atom is -0.396 e. The smallest absolute Gasteiger partial charge is 0.138 e. The fourth-order valence-electron chi connectivity index (χ4n) is 1.85. The van der Waals surface area contributed by atoms with Gasteiger partial charge in [-0.3, -0.25) is 0 Å². The third-order valence-corrected chi connectivity index (χ3v) is 3.09. The summed E-state index contributed by atoms with van der Waals surface area (Å²) in [6, 6.07) is 1.97. The van der Waals surface area contributed by atoms with Gasteiger partial charge in [0.1, 0.15) is 17.5 Å². The average molecular weight is 294 g/mol. The molecule has 0 aliphatic heterocycles. The lowest BCUT2D eigenvalue weighted by molar-refractivity contribution is 0.283. The Bertz CT molecular complexity index is 415. The highest BCUT2D eigenvalue weighted by Crippen LogP contribution is 2.22. The number of aliphatic hydroxyl groups is 1. The van der Waals surface area contributed by atoms with E-state index in [1.165, 1.54) is 0 Å². The molecule has 0 aromatic carbocycles. The summed E-state index contributed by atoms with van der Waals surface area (Å²) in [5.74, 6) is 2.61. The third-order valence-electron chi connectivity index (χ3n) is 3.09. The van der Waals surface area contributed by atoms with Crippen LogP contribution < -0.4 is 10.6 Å². The Morgan fingerprint density at radius 3 is 2.14 bits per heavy atom. The van der Waals surface area contributed by atoms with E-state index >= 15 is 0 Å². The fourth-order valence-corrected chi connectivity index (χ4v) is 1.85. The molecule has 1 rings (SSSR count). The molecule has 0 aliphatic rings. The van der Waals surface area contributed by atoms with Gasteiger partial charge in [-0.2, -0.15) is 0 Å². The van der Waals surface area contributed by atoms with E-state index in [-0.39, 0.29) is 12.0 Å². The number of hydrogen-bond donors (Lipinski definition) is 3. The molecule has 1 aromatic heterocycles. The quantitative estimate of drug-likeness (QED) is 0.610. The van der Waals surface area contributed by atoms with Crippen LogP contribution in [-0.2, 0) is 5.41 Å². The molecule has 5 nitrogen and oxygen atoms in total. The van der Waals surface area contributed by atoms with Crippen LogP contribution in [0.2, 0.25) is 0 Å². The van der Waals surface area contributed by atoms with Crippen LogP contribution in [0.25, 0.3) is 0 Å². The van der Waals surface area contributed by atoms with Gasteiger partial charge in [-0.25, -0.2) is 9.97 Å². The summed E-state index contributed by atoms with van der Waals surface area (Å²) < 4.78 is 0. The molecule has 0 fully saturated rings. The number of hydrogen-bond acceptors (Lipinski definition) is 5. The van der Waals surface area contributed by atoms with Gasteiger partial charge in [0.2, 0.25) is 0 Å². The Morgan fingerprint density at radius 2 is 1.62 bits per heavy atom. The molecule has 120 valence electrons. The first-order valence-corrected chi connectivity index (χ1v) is 7.95. The SMILES string of the molecule is CCCNc1cc(NCCCCCO)nc(C(C)(C)C)n1. The van der Waals surface area contributed by atoms with Gasteiger partial charge in [-0.1, -0.05) is 27.7 Å². The largest absolute Gasteiger partial charge is 0.396 e. The highest BCUT2D eigenvalue weighted by molar-refractivity contribution is 5.48. The van der Waals surface area contributed by atoms with E-state index in [4.69, 9.17) is 5.11 Å².